The minimum atomic E-state index is -0.794. The smallest absolute Gasteiger partial charge is 0.238 e. The molecule has 1 N–H and O–H groups in total. The van der Waals surface area contributed by atoms with Crippen LogP contribution in [0.3, 0.4) is 0 Å². The van der Waals surface area contributed by atoms with Crippen molar-refractivity contribution in [1.29, 1.82) is 0 Å². The second kappa shape index (κ2) is 3.98. The molecule has 2 saturated carbocycles. The molecule has 5 aliphatic rings. The third-order valence-electron chi connectivity index (χ3n) is 7.85. The quantitative estimate of drug-likeness (QED) is 0.792. The second-order valence-corrected chi connectivity index (χ2v) is 8.22. The van der Waals surface area contributed by atoms with Gasteiger partial charge in [-0.3, -0.25) is 9.59 Å². The van der Waals surface area contributed by atoms with E-state index in [4.69, 9.17) is 4.74 Å². The van der Waals surface area contributed by atoms with Crippen LogP contribution >= 0.6 is 0 Å². The molecule has 3 aliphatic heterocycles. The summed E-state index contributed by atoms with van der Waals surface area (Å²) < 4.78 is 6.26. The van der Waals surface area contributed by atoms with Gasteiger partial charge in [-0.1, -0.05) is 24.3 Å². The van der Waals surface area contributed by atoms with Gasteiger partial charge in [0.25, 0.3) is 0 Å². The lowest BCUT2D eigenvalue weighted by molar-refractivity contribution is -0.167. The SMILES string of the molecule is C=CC12C(=O)N(C)C3C4COC(CC41)C1(C(=O)Nc4ccccc41)C32. The average molecular weight is 336 g/mol. The number of piperidine rings is 1. The van der Waals surface area contributed by atoms with Crippen LogP contribution in [0.15, 0.2) is 36.9 Å². The fraction of sp³-hybridized carbons (Fsp3) is 0.500. The number of hydrogen-bond acceptors (Lipinski definition) is 3. The summed E-state index contributed by atoms with van der Waals surface area (Å²) in [7, 11) is 1.88. The number of hydrogen-bond donors (Lipinski definition) is 1. The molecular weight excluding hydrogens is 316 g/mol. The Morgan fingerprint density at radius 2 is 2.16 bits per heavy atom. The lowest BCUT2D eigenvalue weighted by Crippen LogP contribution is -2.63. The zero-order chi connectivity index (χ0) is 17.1. The predicted octanol–water partition coefficient (Wildman–Crippen LogP) is 1.55. The molecule has 2 aliphatic carbocycles. The van der Waals surface area contributed by atoms with E-state index in [1.165, 1.54) is 0 Å². The summed E-state index contributed by atoms with van der Waals surface area (Å²) in [5.41, 5.74) is 0.422. The Balaban J connectivity index is 1.71. The Labute approximate surface area is 146 Å². The highest BCUT2D eigenvalue weighted by molar-refractivity contribution is 6.09. The van der Waals surface area contributed by atoms with Gasteiger partial charge in [0.1, 0.15) is 5.41 Å². The number of amides is 2. The van der Waals surface area contributed by atoms with Crippen LogP contribution in [-0.4, -0.2) is 42.5 Å². The van der Waals surface area contributed by atoms with Crippen molar-refractivity contribution in [3.05, 3.63) is 42.5 Å². The lowest BCUT2D eigenvalue weighted by Gasteiger charge is -2.53. The van der Waals surface area contributed by atoms with Crippen LogP contribution in [0, 0.1) is 23.2 Å². The van der Waals surface area contributed by atoms with Crippen molar-refractivity contribution in [3.8, 4) is 0 Å². The van der Waals surface area contributed by atoms with Gasteiger partial charge in [-0.25, -0.2) is 0 Å². The molecule has 7 unspecified atom stereocenters. The maximum Gasteiger partial charge on any atom is 0.238 e. The first-order valence-electron chi connectivity index (χ1n) is 9.02. The summed E-state index contributed by atoms with van der Waals surface area (Å²) in [5, 5.41) is 3.08. The number of fused-ring (bicyclic) bond motifs is 5. The van der Waals surface area contributed by atoms with Crippen LogP contribution in [-0.2, 0) is 19.7 Å². The number of ether oxygens (including phenoxy) is 1. The number of rotatable bonds is 1. The topological polar surface area (TPSA) is 58.6 Å². The van der Waals surface area contributed by atoms with Gasteiger partial charge in [-0.05, 0) is 24.0 Å². The van der Waals surface area contributed by atoms with E-state index in [1.807, 2.05) is 42.3 Å². The van der Waals surface area contributed by atoms with Crippen molar-refractivity contribution in [2.75, 3.05) is 19.0 Å². The van der Waals surface area contributed by atoms with Gasteiger partial charge in [0.05, 0.1) is 18.1 Å². The molecule has 2 saturated heterocycles. The normalized spacial score (nSPS) is 48.2. The molecule has 1 aromatic carbocycles. The number of benzene rings is 1. The number of likely N-dealkylation sites (tertiary alicyclic amines) is 1. The van der Waals surface area contributed by atoms with E-state index >= 15 is 0 Å². The molecule has 7 atom stereocenters. The minimum absolute atomic E-state index is 0.0102. The molecule has 4 fully saturated rings. The highest BCUT2D eigenvalue weighted by Crippen LogP contribution is 2.73. The molecule has 25 heavy (non-hydrogen) atoms. The van der Waals surface area contributed by atoms with Gasteiger partial charge in [-0.2, -0.15) is 0 Å². The molecule has 6 rings (SSSR count). The maximum absolute atomic E-state index is 13.4. The fourth-order valence-corrected chi connectivity index (χ4v) is 7.17. The van der Waals surface area contributed by atoms with Crippen LogP contribution in [0.4, 0.5) is 5.69 Å². The summed E-state index contributed by atoms with van der Waals surface area (Å²) in [4.78, 5) is 28.5. The van der Waals surface area contributed by atoms with Crippen LogP contribution in [0.25, 0.3) is 0 Å². The summed E-state index contributed by atoms with van der Waals surface area (Å²) in [5.74, 6) is 0.560. The van der Waals surface area contributed by atoms with Crippen LogP contribution in [0.1, 0.15) is 12.0 Å². The van der Waals surface area contributed by atoms with Crippen molar-refractivity contribution in [3.63, 3.8) is 0 Å². The molecule has 3 heterocycles. The van der Waals surface area contributed by atoms with Crippen molar-refractivity contribution < 1.29 is 14.3 Å². The second-order valence-electron chi connectivity index (χ2n) is 8.22. The molecule has 1 spiro atoms. The highest BCUT2D eigenvalue weighted by atomic mass is 16.5. The third kappa shape index (κ3) is 1.14. The van der Waals surface area contributed by atoms with Crippen molar-refractivity contribution in [1.82, 2.24) is 4.90 Å². The number of para-hydroxylation sites is 1. The molecular formula is C20H20N2O3. The molecule has 5 nitrogen and oxygen atoms in total. The van der Waals surface area contributed by atoms with Gasteiger partial charge in [0, 0.05) is 30.6 Å². The van der Waals surface area contributed by atoms with Crippen LogP contribution < -0.4 is 5.32 Å². The Hall–Kier alpha value is -2.14. The molecule has 128 valence electrons. The van der Waals surface area contributed by atoms with Gasteiger partial charge in [0.15, 0.2) is 0 Å². The molecule has 2 amide bonds. The number of carbonyl (C=O) groups excluding carboxylic acids is 2. The number of nitrogens with one attached hydrogen (secondary N) is 1. The van der Waals surface area contributed by atoms with E-state index in [-0.39, 0.29) is 35.8 Å². The summed E-state index contributed by atoms with van der Waals surface area (Å²) in [6.07, 6.45) is 2.45. The Kier molecular flexibility index (Phi) is 2.24. The molecule has 1 aromatic rings. The summed E-state index contributed by atoms with van der Waals surface area (Å²) in [6, 6.07) is 7.93. The van der Waals surface area contributed by atoms with E-state index in [9.17, 15) is 9.59 Å². The fourth-order valence-electron chi connectivity index (χ4n) is 7.17. The standard InChI is InChI=1S/C20H20N2O3/c1-3-19-12-8-14-20(11-6-4-5-7-13(11)21-17(20)23)16(19)15(10(12)9-25-14)22(2)18(19)24/h3-7,10,12,14-16H,1,8-9H2,2H3,(H,21,23). The Morgan fingerprint density at radius 3 is 2.96 bits per heavy atom. The van der Waals surface area contributed by atoms with Gasteiger partial charge in [-0.15, -0.1) is 6.58 Å². The van der Waals surface area contributed by atoms with Gasteiger partial charge in [0.2, 0.25) is 11.8 Å². The molecule has 0 aromatic heterocycles. The van der Waals surface area contributed by atoms with Crippen molar-refractivity contribution in [2.24, 2.45) is 23.2 Å². The third-order valence-corrected chi connectivity index (χ3v) is 7.85. The number of nitrogens with zero attached hydrogens (tertiary/aromatic N) is 1. The lowest BCUT2D eigenvalue weighted by atomic mass is 9.51. The average Bonchev–Trinajstić information content (AvgIpc) is 3.08. The Bertz CT molecular complexity index is 866. The molecule has 5 bridgehead atoms. The molecule has 5 heteroatoms. The van der Waals surface area contributed by atoms with Gasteiger partial charge >= 0.3 is 0 Å². The summed E-state index contributed by atoms with van der Waals surface area (Å²) in [6.45, 7) is 4.70. The Morgan fingerprint density at radius 1 is 1.36 bits per heavy atom. The molecule has 0 radical (unpaired) electrons. The van der Waals surface area contributed by atoms with Crippen molar-refractivity contribution >= 4 is 17.5 Å². The van der Waals surface area contributed by atoms with Crippen LogP contribution in [0.5, 0.6) is 0 Å². The van der Waals surface area contributed by atoms with E-state index in [0.29, 0.717) is 12.5 Å². The highest BCUT2D eigenvalue weighted by Gasteiger charge is 2.82. The van der Waals surface area contributed by atoms with E-state index in [0.717, 1.165) is 17.7 Å². The largest absolute Gasteiger partial charge is 0.376 e. The zero-order valence-electron chi connectivity index (χ0n) is 14.1. The minimum Gasteiger partial charge on any atom is -0.376 e. The van der Waals surface area contributed by atoms with E-state index in [1.54, 1.807) is 0 Å². The van der Waals surface area contributed by atoms with E-state index in [2.05, 4.69) is 11.9 Å². The predicted molar refractivity (Wildman–Crippen MR) is 90.8 cm³/mol. The maximum atomic E-state index is 13.4. The first kappa shape index (κ1) is 14.1. The first-order valence-corrected chi connectivity index (χ1v) is 9.02. The summed E-state index contributed by atoms with van der Waals surface area (Å²) >= 11 is 0. The van der Waals surface area contributed by atoms with Crippen molar-refractivity contribution in [2.45, 2.75) is 24.0 Å². The number of anilines is 1. The van der Waals surface area contributed by atoms with Gasteiger partial charge < -0.3 is 15.0 Å². The number of carbonyl (C=O) groups is 2. The monoisotopic (exact) mass is 336 g/mol. The van der Waals surface area contributed by atoms with Crippen LogP contribution in [0.2, 0.25) is 0 Å². The van der Waals surface area contributed by atoms with E-state index < -0.39 is 10.8 Å². The zero-order valence-corrected chi connectivity index (χ0v) is 14.1. The first-order chi connectivity index (χ1) is 12.1.